The van der Waals surface area contributed by atoms with E-state index < -0.39 is 10.0 Å². The van der Waals surface area contributed by atoms with Gasteiger partial charge < -0.3 is 15.8 Å². The van der Waals surface area contributed by atoms with E-state index in [1.807, 2.05) is 25.3 Å². The molecule has 5 rings (SSSR count). The molecule has 0 atom stereocenters. The van der Waals surface area contributed by atoms with Gasteiger partial charge in [0.05, 0.1) is 17.6 Å². The molecule has 2 aromatic heterocycles. The van der Waals surface area contributed by atoms with E-state index in [1.54, 1.807) is 24.3 Å². The highest BCUT2D eigenvalue weighted by Crippen LogP contribution is 2.34. The van der Waals surface area contributed by atoms with Crippen LogP contribution >= 0.6 is 11.6 Å². The number of sulfonamides is 1. The van der Waals surface area contributed by atoms with Gasteiger partial charge in [-0.25, -0.2) is 18.4 Å². The number of benzene rings is 2. The Bertz CT molecular complexity index is 1590. The number of pyridine rings is 1. The standard InChI is InChI=1S/C27H29ClN6O3S/c1-16-13-17(14-18-15-30-27(33-25(16)18)31-20-9-7-19(29)8-10-20)21-11-12-24(32-26(21)37-2)34-38(35,36)23-6-4-3-5-22(23)28/h3-6,11-15,19-20H,7-10,29H2,1-2H3,(H,32,34)(H,30,31,33). The van der Waals surface area contributed by atoms with Crippen molar-refractivity contribution in [3.8, 4) is 17.0 Å². The lowest BCUT2D eigenvalue weighted by atomic mass is 9.92. The highest BCUT2D eigenvalue weighted by atomic mass is 35.5. The summed E-state index contributed by atoms with van der Waals surface area (Å²) in [5.41, 5.74) is 9.41. The lowest BCUT2D eigenvalue weighted by Gasteiger charge is -2.26. The van der Waals surface area contributed by atoms with Crippen molar-refractivity contribution in [2.45, 2.75) is 49.6 Å². The summed E-state index contributed by atoms with van der Waals surface area (Å²) in [5, 5.41) is 4.45. The van der Waals surface area contributed by atoms with Crippen LogP contribution in [0.25, 0.3) is 22.0 Å². The van der Waals surface area contributed by atoms with Gasteiger partial charge in [0.15, 0.2) is 0 Å². The largest absolute Gasteiger partial charge is 0.480 e. The normalized spacial score (nSPS) is 17.8. The number of halogens is 1. The summed E-state index contributed by atoms with van der Waals surface area (Å²) < 4.78 is 33.7. The van der Waals surface area contributed by atoms with Crippen LogP contribution in [-0.2, 0) is 10.0 Å². The molecule has 4 aromatic rings. The maximum Gasteiger partial charge on any atom is 0.264 e. The molecular formula is C27H29ClN6O3S. The van der Waals surface area contributed by atoms with Crippen LogP contribution in [0.3, 0.4) is 0 Å². The first-order chi connectivity index (χ1) is 18.2. The van der Waals surface area contributed by atoms with Crippen molar-refractivity contribution in [1.82, 2.24) is 15.0 Å². The van der Waals surface area contributed by atoms with Gasteiger partial charge in [0.1, 0.15) is 10.7 Å². The summed E-state index contributed by atoms with van der Waals surface area (Å²) in [4.78, 5) is 13.7. The average Bonchev–Trinajstić information content (AvgIpc) is 2.90. The van der Waals surface area contributed by atoms with Crippen molar-refractivity contribution in [1.29, 1.82) is 0 Å². The molecule has 0 radical (unpaired) electrons. The van der Waals surface area contributed by atoms with E-state index in [4.69, 9.17) is 27.1 Å². The second-order valence-corrected chi connectivity index (χ2v) is 11.5. The molecule has 2 heterocycles. The zero-order chi connectivity index (χ0) is 26.9. The Balaban J connectivity index is 1.41. The zero-order valence-electron chi connectivity index (χ0n) is 21.1. The summed E-state index contributed by atoms with van der Waals surface area (Å²) in [6.07, 6.45) is 5.84. The molecule has 1 aliphatic carbocycles. The summed E-state index contributed by atoms with van der Waals surface area (Å²) in [5.74, 6) is 1.01. The van der Waals surface area contributed by atoms with Crippen LogP contribution in [0.1, 0.15) is 31.2 Å². The second kappa shape index (κ2) is 10.7. The molecular weight excluding hydrogens is 524 g/mol. The molecule has 0 spiro atoms. The van der Waals surface area contributed by atoms with Gasteiger partial charge in [-0.15, -0.1) is 0 Å². The minimum absolute atomic E-state index is 0.0300. The fraction of sp³-hybridized carbons (Fsp3) is 0.296. The maximum atomic E-state index is 12.8. The second-order valence-electron chi connectivity index (χ2n) is 9.47. The molecule has 1 fully saturated rings. The van der Waals surface area contributed by atoms with Crippen molar-refractivity contribution < 1.29 is 13.2 Å². The van der Waals surface area contributed by atoms with Crippen LogP contribution in [0.4, 0.5) is 11.8 Å². The highest BCUT2D eigenvalue weighted by molar-refractivity contribution is 7.92. The van der Waals surface area contributed by atoms with Crippen LogP contribution in [0.5, 0.6) is 5.88 Å². The van der Waals surface area contributed by atoms with Crippen molar-refractivity contribution in [3.63, 3.8) is 0 Å². The number of rotatable bonds is 7. The summed E-state index contributed by atoms with van der Waals surface area (Å²) in [6, 6.07) is 14.2. The lowest BCUT2D eigenvalue weighted by molar-refractivity contribution is 0.400. The summed E-state index contributed by atoms with van der Waals surface area (Å²) in [6.45, 7) is 1.99. The topological polar surface area (TPSA) is 132 Å². The molecule has 2 aromatic carbocycles. The van der Waals surface area contributed by atoms with Gasteiger partial charge in [-0.1, -0.05) is 23.7 Å². The number of hydrogen-bond acceptors (Lipinski definition) is 8. The Morgan fingerprint density at radius 2 is 1.82 bits per heavy atom. The number of nitrogens with zero attached hydrogens (tertiary/aromatic N) is 3. The molecule has 0 amide bonds. The number of aryl methyl sites for hydroxylation is 1. The number of anilines is 2. The third kappa shape index (κ3) is 5.52. The molecule has 38 heavy (non-hydrogen) atoms. The number of fused-ring (bicyclic) bond motifs is 1. The molecule has 4 N–H and O–H groups in total. The van der Waals surface area contributed by atoms with Crippen molar-refractivity contribution >= 4 is 44.3 Å². The highest BCUT2D eigenvalue weighted by Gasteiger charge is 2.21. The number of hydrogen-bond donors (Lipinski definition) is 3. The number of methoxy groups -OCH3 is 1. The van der Waals surface area contributed by atoms with Gasteiger partial charge in [-0.05, 0) is 80.1 Å². The third-order valence-corrected chi connectivity index (χ3v) is 8.56. The third-order valence-electron chi connectivity index (χ3n) is 6.71. The zero-order valence-corrected chi connectivity index (χ0v) is 22.7. The van der Waals surface area contributed by atoms with Crippen molar-refractivity contribution in [2.75, 3.05) is 17.1 Å². The van der Waals surface area contributed by atoms with Crippen LogP contribution in [-0.4, -0.2) is 42.6 Å². The molecule has 1 saturated carbocycles. The molecule has 0 bridgehead atoms. The minimum atomic E-state index is -3.93. The fourth-order valence-corrected chi connectivity index (χ4v) is 6.24. The number of nitrogens with two attached hydrogens (primary N) is 1. The van der Waals surface area contributed by atoms with E-state index in [0.717, 1.165) is 47.7 Å². The number of nitrogens with one attached hydrogen (secondary N) is 2. The average molecular weight is 553 g/mol. The maximum absolute atomic E-state index is 12.8. The summed E-state index contributed by atoms with van der Waals surface area (Å²) in [7, 11) is -2.44. The van der Waals surface area contributed by atoms with Gasteiger partial charge in [-0.3, -0.25) is 4.72 Å². The first-order valence-electron chi connectivity index (χ1n) is 12.4. The molecule has 0 saturated heterocycles. The molecule has 0 unspecified atom stereocenters. The molecule has 1 aliphatic rings. The van der Waals surface area contributed by atoms with Gasteiger partial charge in [0, 0.05) is 29.2 Å². The van der Waals surface area contributed by atoms with Crippen LogP contribution in [0.15, 0.2) is 59.6 Å². The van der Waals surface area contributed by atoms with Crippen LogP contribution in [0, 0.1) is 6.92 Å². The molecule has 198 valence electrons. The lowest BCUT2D eigenvalue weighted by Crippen LogP contribution is -2.33. The van der Waals surface area contributed by atoms with E-state index >= 15 is 0 Å². The number of ether oxygens (including phenoxy) is 1. The smallest absolute Gasteiger partial charge is 0.264 e. The summed E-state index contributed by atoms with van der Waals surface area (Å²) >= 11 is 6.08. The van der Waals surface area contributed by atoms with Crippen molar-refractivity contribution in [2.24, 2.45) is 5.73 Å². The Kier molecular flexibility index (Phi) is 7.38. The van der Waals surface area contributed by atoms with E-state index in [2.05, 4.69) is 20.0 Å². The van der Waals surface area contributed by atoms with E-state index in [1.165, 1.54) is 19.2 Å². The Morgan fingerprint density at radius 3 is 2.55 bits per heavy atom. The van der Waals surface area contributed by atoms with Crippen molar-refractivity contribution in [3.05, 3.63) is 65.3 Å². The Hall–Kier alpha value is -3.47. The van der Waals surface area contributed by atoms with Gasteiger partial charge in [0.25, 0.3) is 10.0 Å². The van der Waals surface area contributed by atoms with Gasteiger partial charge in [-0.2, -0.15) is 4.98 Å². The predicted molar refractivity (Wildman–Crippen MR) is 150 cm³/mol. The fourth-order valence-electron chi connectivity index (χ4n) is 4.72. The number of aromatic nitrogens is 3. The Labute approximate surface area is 226 Å². The van der Waals surface area contributed by atoms with Crippen LogP contribution in [0.2, 0.25) is 5.02 Å². The predicted octanol–water partition coefficient (Wildman–Crippen LogP) is 5.14. The first-order valence-corrected chi connectivity index (χ1v) is 14.2. The minimum Gasteiger partial charge on any atom is -0.480 e. The monoisotopic (exact) mass is 552 g/mol. The SMILES string of the molecule is COc1nc(NS(=O)(=O)c2ccccc2Cl)ccc1-c1cc(C)c2nc(NC3CCC(N)CC3)ncc2c1. The Morgan fingerprint density at radius 1 is 1.05 bits per heavy atom. The quantitative estimate of drug-likeness (QED) is 0.287. The van der Waals surface area contributed by atoms with E-state index in [0.29, 0.717) is 17.6 Å². The molecule has 0 aliphatic heterocycles. The van der Waals surface area contributed by atoms with Crippen LogP contribution < -0.4 is 20.5 Å². The molecule has 11 heteroatoms. The van der Waals surface area contributed by atoms with E-state index in [9.17, 15) is 8.42 Å². The van der Waals surface area contributed by atoms with E-state index in [-0.39, 0.29) is 27.7 Å². The molecule has 9 nitrogen and oxygen atoms in total. The van der Waals surface area contributed by atoms with Gasteiger partial charge in [0.2, 0.25) is 11.8 Å². The first kappa shape index (κ1) is 26.1. The van der Waals surface area contributed by atoms with Gasteiger partial charge >= 0.3 is 0 Å².